The van der Waals surface area contributed by atoms with Gasteiger partial charge in [0.2, 0.25) is 0 Å². The van der Waals surface area contributed by atoms with Gasteiger partial charge >= 0.3 is 18.2 Å². The van der Waals surface area contributed by atoms with Crippen LogP contribution in [0.1, 0.15) is 107 Å². The number of ether oxygens (including phenoxy) is 4. The Kier molecular flexibility index (Phi) is 7.05. The lowest BCUT2D eigenvalue weighted by Crippen LogP contribution is -2.60. The third kappa shape index (κ3) is 4.07. The van der Waals surface area contributed by atoms with Crippen molar-refractivity contribution in [2.24, 2.45) is 62.2 Å². The summed E-state index contributed by atoms with van der Waals surface area (Å²) in [6, 6.07) is 0. The first-order valence-corrected chi connectivity index (χ1v) is 16.7. The number of fused-ring (bicyclic) bond motifs is 4. The number of hydrogen-bond donors (Lipinski definition) is 3. The van der Waals surface area contributed by atoms with E-state index >= 15 is 0 Å². The summed E-state index contributed by atoms with van der Waals surface area (Å²) < 4.78 is 24.4. The minimum absolute atomic E-state index is 0.105. The molecule has 6 fully saturated rings. The van der Waals surface area contributed by atoms with Gasteiger partial charge in [0, 0.05) is 17.8 Å². The van der Waals surface area contributed by atoms with E-state index in [9.17, 15) is 19.5 Å². The highest BCUT2D eigenvalue weighted by molar-refractivity contribution is 5.66. The molecule has 6 rings (SSSR count). The fourth-order valence-corrected chi connectivity index (χ4v) is 13.0. The van der Waals surface area contributed by atoms with Gasteiger partial charge in [-0.25, -0.2) is 9.59 Å². The minimum atomic E-state index is -1.32. The summed E-state index contributed by atoms with van der Waals surface area (Å²) in [5.74, 6) is 0.512. The number of hydrogen-bond acceptors (Lipinski definition) is 8. The molecule has 0 radical (unpaired) electrons. The van der Waals surface area contributed by atoms with Crippen molar-refractivity contribution in [1.29, 1.82) is 0 Å². The Morgan fingerprint density at radius 2 is 1.55 bits per heavy atom. The van der Waals surface area contributed by atoms with Crippen LogP contribution in [0, 0.1) is 50.7 Å². The molecule has 6 aliphatic rings. The van der Waals surface area contributed by atoms with E-state index in [1.165, 1.54) is 6.92 Å². The van der Waals surface area contributed by atoms with Gasteiger partial charge in [-0.3, -0.25) is 4.79 Å². The Bertz CT molecular complexity index is 1230. The Labute approximate surface area is 261 Å². The van der Waals surface area contributed by atoms with E-state index in [1.54, 1.807) is 13.8 Å². The zero-order valence-electron chi connectivity index (χ0n) is 27.8. The molecule has 1 saturated heterocycles. The van der Waals surface area contributed by atoms with Crippen LogP contribution in [0.4, 0.5) is 9.59 Å². The van der Waals surface area contributed by atoms with E-state index in [0.717, 1.165) is 44.9 Å². The number of rotatable bonds is 5. The molecule has 2 spiro atoms. The summed E-state index contributed by atoms with van der Waals surface area (Å²) in [5.41, 5.74) is 9.47. The normalized spacial score (nSPS) is 49.1. The van der Waals surface area contributed by atoms with Crippen molar-refractivity contribution in [2.45, 2.75) is 143 Å². The maximum atomic E-state index is 12.6. The van der Waals surface area contributed by atoms with E-state index in [2.05, 4.69) is 34.6 Å². The third-order valence-corrected chi connectivity index (χ3v) is 14.6. The van der Waals surface area contributed by atoms with E-state index in [4.69, 9.17) is 30.4 Å². The van der Waals surface area contributed by atoms with Crippen molar-refractivity contribution < 1.29 is 38.4 Å². The molecule has 13 atom stereocenters. The van der Waals surface area contributed by atoms with Crippen molar-refractivity contribution in [3.63, 3.8) is 0 Å². The van der Waals surface area contributed by atoms with Crippen LogP contribution in [0.3, 0.4) is 0 Å². The van der Waals surface area contributed by atoms with Gasteiger partial charge in [-0.1, -0.05) is 34.6 Å². The molecule has 2 amide bonds. The maximum absolute atomic E-state index is 12.6. The van der Waals surface area contributed by atoms with Gasteiger partial charge in [0.1, 0.15) is 12.2 Å². The predicted octanol–water partition coefficient (Wildman–Crippen LogP) is 5.07. The number of esters is 1. The second-order valence-electron chi connectivity index (χ2n) is 17.1. The first-order valence-electron chi connectivity index (χ1n) is 16.7. The largest absolute Gasteiger partial charge is 0.457 e. The molecule has 0 aromatic heterocycles. The van der Waals surface area contributed by atoms with Crippen LogP contribution in [-0.2, 0) is 23.7 Å². The summed E-state index contributed by atoms with van der Waals surface area (Å²) in [4.78, 5) is 36.5. The van der Waals surface area contributed by atoms with E-state index < -0.39 is 53.6 Å². The fraction of sp³-hybridized carbons (Fsp3) is 0.912. The van der Waals surface area contributed by atoms with Crippen LogP contribution in [0.25, 0.3) is 0 Å². The Balaban J connectivity index is 1.38. The lowest BCUT2D eigenvalue weighted by molar-refractivity contribution is -0.216. The lowest BCUT2D eigenvalue weighted by Gasteiger charge is -2.63. The van der Waals surface area contributed by atoms with Crippen LogP contribution in [0.2, 0.25) is 0 Å². The predicted molar refractivity (Wildman–Crippen MR) is 161 cm³/mol. The van der Waals surface area contributed by atoms with E-state index in [1.807, 2.05) is 0 Å². The molecular weight excluding hydrogens is 564 g/mol. The molecule has 13 unspecified atom stereocenters. The second-order valence-corrected chi connectivity index (χ2v) is 17.1. The molecular formula is C34H54N2O8. The van der Waals surface area contributed by atoms with Gasteiger partial charge in [-0.15, -0.1) is 0 Å². The molecule has 5 saturated carbocycles. The summed E-state index contributed by atoms with van der Waals surface area (Å²) in [7, 11) is 0. The topological polar surface area (TPSA) is 160 Å². The van der Waals surface area contributed by atoms with Crippen LogP contribution in [-0.4, -0.2) is 59.4 Å². The smallest absolute Gasteiger partial charge is 0.404 e. The average molecular weight is 619 g/mol. The molecule has 5 N–H and O–H groups in total. The Morgan fingerprint density at radius 3 is 2.14 bits per heavy atom. The van der Waals surface area contributed by atoms with Crippen molar-refractivity contribution in [3.05, 3.63) is 0 Å². The Hall–Kier alpha value is -2.07. The van der Waals surface area contributed by atoms with E-state index in [0.29, 0.717) is 18.3 Å². The zero-order valence-corrected chi connectivity index (χ0v) is 27.8. The molecule has 5 aliphatic carbocycles. The molecule has 44 heavy (non-hydrogen) atoms. The monoisotopic (exact) mass is 618 g/mol. The number of aliphatic hydroxyl groups is 1. The molecule has 0 aromatic carbocycles. The van der Waals surface area contributed by atoms with E-state index in [-0.39, 0.29) is 39.6 Å². The summed E-state index contributed by atoms with van der Waals surface area (Å²) in [5, 5.41) is 11.0. The van der Waals surface area contributed by atoms with Gasteiger partial charge in [0.25, 0.3) is 0 Å². The number of carbonyl (C=O) groups is 3. The van der Waals surface area contributed by atoms with Crippen molar-refractivity contribution in [2.75, 3.05) is 0 Å². The SMILES string of the molecule is CC(=O)OC(C1CC(C)C2C(O1)C(OC(N)=O)C1(C)C3CCC4C(C)(C)C(OC(N)=O)CCC45CC35CCC21C)C(C)(C)O. The molecule has 10 nitrogen and oxygen atoms in total. The quantitative estimate of drug-likeness (QED) is 0.284. The van der Waals surface area contributed by atoms with Gasteiger partial charge in [0.15, 0.2) is 6.10 Å². The second kappa shape index (κ2) is 9.72. The van der Waals surface area contributed by atoms with Gasteiger partial charge in [-0.2, -0.15) is 0 Å². The van der Waals surface area contributed by atoms with Gasteiger partial charge in [-0.05, 0) is 105 Å². The summed E-state index contributed by atoms with van der Waals surface area (Å²) in [6.07, 6.45) is 3.53. The molecule has 0 bridgehead atoms. The standard InChI is InChI=1S/C34H54N2O8/c1-17-15-19(25(30(5,6)40)41-18(2)37)42-24-23(17)31(7)13-14-34-16-33(34)12-11-22(43-27(35)38)29(3,4)20(33)9-10-21(34)32(31,8)26(24)44-28(36)39/h17,19-26,40H,9-16H2,1-8H3,(H2,35,38)(H2,36,39). The van der Waals surface area contributed by atoms with Gasteiger partial charge < -0.3 is 35.5 Å². The fourth-order valence-electron chi connectivity index (χ4n) is 13.0. The van der Waals surface area contributed by atoms with Crippen LogP contribution >= 0.6 is 0 Å². The molecule has 1 heterocycles. The molecule has 10 heteroatoms. The van der Waals surface area contributed by atoms with Crippen LogP contribution in [0.5, 0.6) is 0 Å². The molecule has 1 aliphatic heterocycles. The summed E-state index contributed by atoms with van der Waals surface area (Å²) in [6.45, 7) is 16.0. The minimum Gasteiger partial charge on any atom is -0.457 e. The number of primary amides is 2. The Morgan fingerprint density at radius 1 is 0.932 bits per heavy atom. The van der Waals surface area contributed by atoms with Crippen molar-refractivity contribution in [1.82, 2.24) is 0 Å². The summed E-state index contributed by atoms with van der Waals surface area (Å²) >= 11 is 0. The highest BCUT2D eigenvalue weighted by Gasteiger charge is 2.85. The molecule has 248 valence electrons. The molecule has 0 aromatic rings. The number of amides is 2. The van der Waals surface area contributed by atoms with Crippen molar-refractivity contribution >= 4 is 18.2 Å². The van der Waals surface area contributed by atoms with Crippen LogP contribution < -0.4 is 11.5 Å². The van der Waals surface area contributed by atoms with Crippen molar-refractivity contribution in [3.8, 4) is 0 Å². The van der Waals surface area contributed by atoms with Gasteiger partial charge in [0.05, 0.1) is 17.8 Å². The lowest BCUT2D eigenvalue weighted by atomic mass is 9.41. The third-order valence-electron chi connectivity index (χ3n) is 14.6. The zero-order chi connectivity index (χ0) is 32.4. The van der Waals surface area contributed by atoms with Crippen LogP contribution in [0.15, 0.2) is 0 Å². The first kappa shape index (κ1) is 31.9. The first-order chi connectivity index (χ1) is 20.3. The highest BCUT2D eigenvalue weighted by Crippen LogP contribution is 2.89. The number of carbonyl (C=O) groups excluding carboxylic acids is 3. The average Bonchev–Trinajstić information content (AvgIpc) is 3.51. The highest BCUT2D eigenvalue weighted by atomic mass is 16.6. The number of nitrogens with two attached hydrogens (primary N) is 2. The maximum Gasteiger partial charge on any atom is 0.404 e.